The molecule has 0 bridgehead atoms. The molecule has 2 atom stereocenters. The van der Waals surface area contributed by atoms with Gasteiger partial charge in [0.1, 0.15) is 5.52 Å². The Morgan fingerprint density at radius 3 is 2.93 bits per heavy atom. The fraction of sp³-hybridized carbons (Fsp3) is 0.381. The highest BCUT2D eigenvalue weighted by Crippen LogP contribution is 2.31. The molecular formula is C21H22BrN5O2S. The van der Waals surface area contributed by atoms with Crippen LogP contribution in [0, 0.1) is 0 Å². The number of hydrogen-bond acceptors (Lipinski definition) is 7. The standard InChI is InChI=1S/C21H22BrN5O2S/c1-29-17-9-15-20(26-19(17)22)27(11-23-15)10-12-6-7-14-18(8-12)30-21(25-14)24-13-4-2-3-5-16(13)28/h6-9,11,13,16,28H,2-5,10H2,1H3,(H,24,25)/t13-,16-/m1/s1. The number of nitrogens with one attached hydrogen (secondary N) is 1. The van der Waals surface area contributed by atoms with E-state index >= 15 is 0 Å². The molecule has 0 unspecified atom stereocenters. The van der Waals surface area contributed by atoms with E-state index in [1.165, 1.54) is 0 Å². The summed E-state index contributed by atoms with van der Waals surface area (Å²) in [6.45, 7) is 0.667. The summed E-state index contributed by atoms with van der Waals surface area (Å²) in [4.78, 5) is 13.8. The zero-order valence-electron chi connectivity index (χ0n) is 16.5. The van der Waals surface area contributed by atoms with E-state index in [4.69, 9.17) is 9.72 Å². The van der Waals surface area contributed by atoms with Crippen molar-refractivity contribution in [3.8, 4) is 5.75 Å². The molecule has 3 heterocycles. The largest absolute Gasteiger partial charge is 0.494 e. The topological polar surface area (TPSA) is 85.1 Å². The summed E-state index contributed by atoms with van der Waals surface area (Å²) in [6, 6.07) is 8.28. The van der Waals surface area contributed by atoms with E-state index in [0.29, 0.717) is 16.9 Å². The molecule has 1 saturated carbocycles. The minimum absolute atomic E-state index is 0.0950. The Kier molecular flexibility index (Phi) is 5.34. The highest BCUT2D eigenvalue weighted by molar-refractivity contribution is 9.10. The Hall–Kier alpha value is -2.23. The number of benzene rings is 1. The Labute approximate surface area is 186 Å². The van der Waals surface area contributed by atoms with Gasteiger partial charge in [0.2, 0.25) is 0 Å². The monoisotopic (exact) mass is 487 g/mol. The number of pyridine rings is 1. The van der Waals surface area contributed by atoms with Crippen molar-refractivity contribution in [3.05, 3.63) is 40.8 Å². The van der Waals surface area contributed by atoms with Gasteiger partial charge in [-0.1, -0.05) is 30.2 Å². The first-order valence-corrected chi connectivity index (χ1v) is 11.6. The summed E-state index contributed by atoms with van der Waals surface area (Å²) in [6.07, 6.45) is 5.62. The number of aromatic nitrogens is 4. The second-order valence-corrected chi connectivity index (χ2v) is 9.40. The SMILES string of the molecule is COc1cc2ncn(Cc3ccc4nc(N[C@@H]5CCCC[C@H]5O)sc4c3)c2nc1Br. The molecule has 156 valence electrons. The van der Waals surface area contributed by atoms with Crippen molar-refractivity contribution in [2.45, 2.75) is 44.4 Å². The van der Waals surface area contributed by atoms with Gasteiger partial charge in [0.15, 0.2) is 21.1 Å². The van der Waals surface area contributed by atoms with Crippen molar-refractivity contribution >= 4 is 53.8 Å². The van der Waals surface area contributed by atoms with E-state index in [0.717, 1.165) is 57.8 Å². The van der Waals surface area contributed by atoms with Gasteiger partial charge in [0, 0.05) is 6.07 Å². The van der Waals surface area contributed by atoms with Crippen LogP contribution in [0.15, 0.2) is 35.2 Å². The lowest BCUT2D eigenvalue weighted by molar-refractivity contribution is 0.116. The fourth-order valence-electron chi connectivity index (χ4n) is 3.97. The number of hydrogen-bond donors (Lipinski definition) is 2. The molecule has 0 radical (unpaired) electrons. The summed E-state index contributed by atoms with van der Waals surface area (Å²) in [5.74, 6) is 0.668. The number of anilines is 1. The zero-order valence-corrected chi connectivity index (χ0v) is 18.9. The quantitative estimate of drug-likeness (QED) is 0.400. The summed E-state index contributed by atoms with van der Waals surface area (Å²) < 4.78 is 9.12. The van der Waals surface area contributed by atoms with Crippen LogP contribution in [-0.4, -0.2) is 43.9 Å². The minimum Gasteiger partial charge on any atom is -0.494 e. The van der Waals surface area contributed by atoms with E-state index in [1.807, 2.05) is 10.6 Å². The molecule has 0 amide bonds. The van der Waals surface area contributed by atoms with Crippen LogP contribution in [0.4, 0.5) is 5.13 Å². The first-order chi connectivity index (χ1) is 14.6. The molecule has 0 spiro atoms. The summed E-state index contributed by atoms with van der Waals surface area (Å²) in [7, 11) is 1.62. The number of halogens is 1. The normalized spacial score (nSPS) is 19.4. The van der Waals surface area contributed by atoms with E-state index in [1.54, 1.807) is 24.8 Å². The number of aliphatic hydroxyl groups is 1. The van der Waals surface area contributed by atoms with Crippen LogP contribution in [0.25, 0.3) is 21.4 Å². The lowest BCUT2D eigenvalue weighted by Crippen LogP contribution is -2.36. The van der Waals surface area contributed by atoms with Gasteiger partial charge in [0.05, 0.1) is 42.3 Å². The molecule has 2 N–H and O–H groups in total. The number of fused-ring (bicyclic) bond motifs is 2. The van der Waals surface area contributed by atoms with Gasteiger partial charge in [-0.25, -0.2) is 15.0 Å². The second kappa shape index (κ2) is 8.13. The third kappa shape index (κ3) is 3.77. The van der Waals surface area contributed by atoms with Gasteiger partial charge in [-0.3, -0.25) is 0 Å². The summed E-state index contributed by atoms with van der Waals surface area (Å²) >= 11 is 5.09. The third-order valence-corrected chi connectivity index (χ3v) is 7.09. The molecule has 7 nitrogen and oxygen atoms in total. The number of nitrogens with zero attached hydrogens (tertiary/aromatic N) is 4. The van der Waals surface area contributed by atoms with E-state index < -0.39 is 0 Å². The van der Waals surface area contributed by atoms with Gasteiger partial charge in [0.25, 0.3) is 0 Å². The molecule has 3 aromatic heterocycles. The van der Waals surface area contributed by atoms with Crippen molar-refractivity contribution in [2.24, 2.45) is 0 Å². The Bertz CT molecular complexity index is 1210. The van der Waals surface area contributed by atoms with Crippen LogP contribution in [0.5, 0.6) is 5.75 Å². The van der Waals surface area contributed by atoms with Gasteiger partial charge in [-0.2, -0.15) is 0 Å². The second-order valence-electron chi connectivity index (χ2n) is 7.62. The predicted molar refractivity (Wildman–Crippen MR) is 122 cm³/mol. The summed E-state index contributed by atoms with van der Waals surface area (Å²) in [5.41, 5.74) is 3.73. The average Bonchev–Trinajstić information content (AvgIpc) is 3.32. The molecule has 5 rings (SSSR count). The van der Waals surface area contributed by atoms with Gasteiger partial charge < -0.3 is 19.7 Å². The molecule has 4 aromatic rings. The highest BCUT2D eigenvalue weighted by atomic mass is 79.9. The molecule has 1 aliphatic rings. The Morgan fingerprint density at radius 1 is 1.23 bits per heavy atom. The van der Waals surface area contributed by atoms with E-state index in [9.17, 15) is 5.11 Å². The van der Waals surface area contributed by atoms with Crippen molar-refractivity contribution in [1.82, 2.24) is 19.5 Å². The van der Waals surface area contributed by atoms with Gasteiger partial charge in [-0.05, 0) is 46.5 Å². The third-order valence-electron chi connectivity index (χ3n) is 5.58. The maximum atomic E-state index is 10.2. The Balaban J connectivity index is 1.39. The van der Waals surface area contributed by atoms with Crippen LogP contribution in [0.1, 0.15) is 31.2 Å². The van der Waals surface area contributed by atoms with Crippen molar-refractivity contribution in [1.29, 1.82) is 0 Å². The number of imidazole rings is 1. The van der Waals surface area contributed by atoms with Crippen molar-refractivity contribution in [3.63, 3.8) is 0 Å². The molecule has 0 saturated heterocycles. The van der Waals surface area contributed by atoms with Crippen molar-refractivity contribution in [2.75, 3.05) is 12.4 Å². The van der Waals surface area contributed by atoms with Crippen LogP contribution >= 0.6 is 27.3 Å². The molecule has 30 heavy (non-hydrogen) atoms. The number of thiazole rings is 1. The number of rotatable bonds is 5. The molecule has 9 heteroatoms. The maximum absolute atomic E-state index is 10.2. The van der Waals surface area contributed by atoms with Crippen LogP contribution in [0.2, 0.25) is 0 Å². The fourth-order valence-corrected chi connectivity index (χ4v) is 5.40. The van der Waals surface area contributed by atoms with Crippen molar-refractivity contribution < 1.29 is 9.84 Å². The van der Waals surface area contributed by atoms with Crippen LogP contribution in [0.3, 0.4) is 0 Å². The number of aliphatic hydroxyl groups excluding tert-OH is 1. The summed E-state index contributed by atoms with van der Waals surface area (Å²) in [5, 5.41) is 14.5. The van der Waals surface area contributed by atoms with Gasteiger partial charge >= 0.3 is 0 Å². The number of ether oxygens (including phenoxy) is 1. The van der Waals surface area contributed by atoms with E-state index in [-0.39, 0.29) is 12.1 Å². The first-order valence-electron chi connectivity index (χ1n) is 10.00. The lowest BCUT2D eigenvalue weighted by Gasteiger charge is -2.27. The molecule has 1 aliphatic carbocycles. The average molecular weight is 488 g/mol. The molecular weight excluding hydrogens is 466 g/mol. The molecule has 0 aliphatic heterocycles. The zero-order chi connectivity index (χ0) is 20.7. The first kappa shape index (κ1) is 19.7. The van der Waals surface area contributed by atoms with E-state index in [2.05, 4.69) is 49.4 Å². The Morgan fingerprint density at radius 2 is 2.10 bits per heavy atom. The van der Waals surface area contributed by atoms with Crippen LogP contribution < -0.4 is 10.1 Å². The highest BCUT2D eigenvalue weighted by Gasteiger charge is 2.23. The molecule has 1 aromatic carbocycles. The molecule has 1 fully saturated rings. The lowest BCUT2D eigenvalue weighted by atomic mass is 9.93. The minimum atomic E-state index is -0.290. The van der Waals surface area contributed by atoms with Gasteiger partial charge in [-0.15, -0.1) is 0 Å². The predicted octanol–water partition coefficient (Wildman–Crippen LogP) is 4.58. The maximum Gasteiger partial charge on any atom is 0.184 e. The van der Waals surface area contributed by atoms with Crippen LogP contribution in [-0.2, 0) is 6.54 Å². The smallest absolute Gasteiger partial charge is 0.184 e. The number of methoxy groups -OCH3 is 1.